The number of nitrogens with zero attached hydrogens (tertiary/aromatic N) is 1. The predicted octanol–water partition coefficient (Wildman–Crippen LogP) is 2.70. The third kappa shape index (κ3) is 2.54. The second kappa shape index (κ2) is 6.10. The van der Waals surface area contributed by atoms with Gasteiger partial charge in [-0.1, -0.05) is 6.92 Å². The molecular formula is C16H24N2O2. The van der Waals surface area contributed by atoms with Gasteiger partial charge in [0.1, 0.15) is 5.75 Å². The van der Waals surface area contributed by atoms with Gasteiger partial charge in [-0.25, -0.2) is 0 Å². The van der Waals surface area contributed by atoms with Crippen LogP contribution in [0.15, 0.2) is 18.3 Å². The third-order valence-corrected chi connectivity index (χ3v) is 4.51. The minimum atomic E-state index is 0.237. The van der Waals surface area contributed by atoms with Gasteiger partial charge in [0.25, 0.3) is 0 Å². The Morgan fingerprint density at radius 3 is 3.05 bits per heavy atom. The van der Waals surface area contributed by atoms with Crippen LogP contribution < -0.4 is 10.1 Å². The molecule has 0 saturated carbocycles. The summed E-state index contributed by atoms with van der Waals surface area (Å²) >= 11 is 0. The van der Waals surface area contributed by atoms with Crippen molar-refractivity contribution >= 4 is 0 Å². The van der Waals surface area contributed by atoms with E-state index in [0.29, 0.717) is 18.1 Å². The highest BCUT2D eigenvalue weighted by Crippen LogP contribution is 2.45. The van der Waals surface area contributed by atoms with Crippen molar-refractivity contribution in [3.8, 4) is 5.75 Å². The normalized spacial score (nSPS) is 29.6. The molecule has 2 bridgehead atoms. The summed E-state index contributed by atoms with van der Waals surface area (Å²) in [6.07, 6.45) is 7.38. The number of hydrogen-bond donors (Lipinski definition) is 1. The SMILES string of the molecule is CCCNC(c1ncccc1OC)C1CC2CCC1O2. The minimum absolute atomic E-state index is 0.237. The summed E-state index contributed by atoms with van der Waals surface area (Å²) in [5.74, 6) is 1.40. The lowest BCUT2D eigenvalue weighted by Gasteiger charge is -2.29. The van der Waals surface area contributed by atoms with E-state index in [9.17, 15) is 0 Å². The van der Waals surface area contributed by atoms with Gasteiger partial charge in [0.05, 0.1) is 31.1 Å². The van der Waals surface area contributed by atoms with Crippen LogP contribution in [0, 0.1) is 5.92 Å². The molecule has 3 heterocycles. The minimum Gasteiger partial charge on any atom is -0.495 e. The maximum atomic E-state index is 6.03. The van der Waals surface area contributed by atoms with E-state index in [2.05, 4.69) is 17.2 Å². The Morgan fingerprint density at radius 2 is 2.40 bits per heavy atom. The summed E-state index contributed by atoms with van der Waals surface area (Å²) in [5, 5.41) is 3.66. The molecule has 1 N–H and O–H groups in total. The van der Waals surface area contributed by atoms with Crippen molar-refractivity contribution in [1.29, 1.82) is 0 Å². The predicted molar refractivity (Wildman–Crippen MR) is 77.8 cm³/mol. The first-order chi connectivity index (χ1) is 9.83. The highest BCUT2D eigenvalue weighted by atomic mass is 16.5. The molecule has 4 atom stereocenters. The molecule has 0 aromatic carbocycles. The second-order valence-corrected chi connectivity index (χ2v) is 5.80. The van der Waals surface area contributed by atoms with E-state index >= 15 is 0 Å². The van der Waals surface area contributed by atoms with Crippen molar-refractivity contribution in [3.05, 3.63) is 24.0 Å². The summed E-state index contributed by atoms with van der Waals surface area (Å²) in [6.45, 7) is 3.19. The molecule has 0 spiro atoms. The average Bonchev–Trinajstić information content (AvgIpc) is 3.11. The number of aromatic nitrogens is 1. The summed E-state index contributed by atoms with van der Waals surface area (Å²) in [6, 6.07) is 4.16. The number of fused-ring (bicyclic) bond motifs is 2. The van der Waals surface area contributed by atoms with E-state index < -0.39 is 0 Å². The maximum absolute atomic E-state index is 6.03. The molecule has 20 heavy (non-hydrogen) atoms. The monoisotopic (exact) mass is 276 g/mol. The molecule has 0 aliphatic carbocycles. The zero-order valence-corrected chi connectivity index (χ0v) is 12.3. The van der Waals surface area contributed by atoms with Gasteiger partial charge in [-0.2, -0.15) is 0 Å². The highest BCUT2D eigenvalue weighted by molar-refractivity contribution is 5.30. The number of methoxy groups -OCH3 is 1. The van der Waals surface area contributed by atoms with Crippen LogP contribution >= 0.6 is 0 Å². The van der Waals surface area contributed by atoms with E-state index in [1.807, 2.05) is 18.3 Å². The first-order valence-electron chi connectivity index (χ1n) is 7.71. The Morgan fingerprint density at radius 1 is 1.50 bits per heavy atom. The molecule has 2 aliphatic rings. The van der Waals surface area contributed by atoms with Crippen LogP contribution in [0.25, 0.3) is 0 Å². The maximum Gasteiger partial charge on any atom is 0.141 e. The summed E-state index contributed by atoms with van der Waals surface area (Å²) < 4.78 is 11.5. The third-order valence-electron chi connectivity index (χ3n) is 4.51. The van der Waals surface area contributed by atoms with Crippen molar-refractivity contribution in [2.75, 3.05) is 13.7 Å². The fourth-order valence-corrected chi connectivity index (χ4v) is 3.59. The van der Waals surface area contributed by atoms with Crippen LogP contribution in [0.5, 0.6) is 5.75 Å². The molecule has 1 aromatic heterocycles. The molecule has 3 rings (SSSR count). The van der Waals surface area contributed by atoms with Crippen molar-refractivity contribution < 1.29 is 9.47 Å². The van der Waals surface area contributed by atoms with Crippen LogP contribution in [-0.4, -0.2) is 30.8 Å². The molecule has 2 aliphatic heterocycles. The zero-order chi connectivity index (χ0) is 13.9. The van der Waals surface area contributed by atoms with Crippen molar-refractivity contribution in [3.63, 3.8) is 0 Å². The van der Waals surface area contributed by atoms with Crippen molar-refractivity contribution in [2.45, 2.75) is 50.9 Å². The smallest absolute Gasteiger partial charge is 0.141 e. The average molecular weight is 276 g/mol. The van der Waals surface area contributed by atoms with Gasteiger partial charge in [-0.05, 0) is 44.4 Å². The zero-order valence-electron chi connectivity index (χ0n) is 12.3. The Labute approximate surface area is 120 Å². The highest BCUT2D eigenvalue weighted by Gasteiger charge is 2.45. The van der Waals surface area contributed by atoms with Crippen LogP contribution in [0.2, 0.25) is 0 Å². The fraction of sp³-hybridized carbons (Fsp3) is 0.688. The quantitative estimate of drug-likeness (QED) is 0.867. The number of rotatable bonds is 6. The Kier molecular flexibility index (Phi) is 4.22. The molecule has 4 heteroatoms. The number of hydrogen-bond acceptors (Lipinski definition) is 4. The first kappa shape index (κ1) is 13.8. The molecule has 110 valence electrons. The van der Waals surface area contributed by atoms with Crippen LogP contribution in [0.1, 0.15) is 44.3 Å². The fourth-order valence-electron chi connectivity index (χ4n) is 3.59. The summed E-state index contributed by atoms with van der Waals surface area (Å²) in [7, 11) is 1.72. The van der Waals surface area contributed by atoms with E-state index in [0.717, 1.165) is 30.8 Å². The number of nitrogens with one attached hydrogen (secondary N) is 1. The van der Waals surface area contributed by atoms with Crippen LogP contribution in [-0.2, 0) is 4.74 Å². The first-order valence-corrected chi connectivity index (χ1v) is 7.71. The largest absolute Gasteiger partial charge is 0.495 e. The Hall–Kier alpha value is -1.13. The number of pyridine rings is 1. The molecule has 2 saturated heterocycles. The van der Waals surface area contributed by atoms with E-state index in [-0.39, 0.29) is 6.04 Å². The molecule has 2 fully saturated rings. The number of ether oxygens (including phenoxy) is 2. The van der Waals surface area contributed by atoms with Gasteiger partial charge in [0.2, 0.25) is 0 Å². The summed E-state index contributed by atoms with van der Waals surface area (Å²) in [4.78, 5) is 4.59. The molecule has 4 nitrogen and oxygen atoms in total. The molecular weight excluding hydrogens is 252 g/mol. The van der Waals surface area contributed by atoms with Gasteiger partial charge in [0.15, 0.2) is 0 Å². The Bertz CT molecular complexity index is 452. The van der Waals surface area contributed by atoms with Gasteiger partial charge in [-0.3, -0.25) is 4.98 Å². The van der Waals surface area contributed by atoms with Crippen molar-refractivity contribution in [2.24, 2.45) is 5.92 Å². The van der Waals surface area contributed by atoms with Gasteiger partial charge >= 0.3 is 0 Å². The summed E-state index contributed by atoms with van der Waals surface area (Å²) in [5.41, 5.74) is 1.03. The van der Waals surface area contributed by atoms with Gasteiger partial charge in [-0.15, -0.1) is 0 Å². The lowest BCUT2D eigenvalue weighted by atomic mass is 9.82. The lowest BCUT2D eigenvalue weighted by molar-refractivity contribution is 0.0851. The van der Waals surface area contributed by atoms with Gasteiger partial charge < -0.3 is 14.8 Å². The molecule has 0 radical (unpaired) electrons. The van der Waals surface area contributed by atoms with Crippen LogP contribution in [0.3, 0.4) is 0 Å². The molecule has 1 aromatic rings. The lowest BCUT2D eigenvalue weighted by Crippen LogP contribution is -2.35. The van der Waals surface area contributed by atoms with E-state index in [4.69, 9.17) is 9.47 Å². The van der Waals surface area contributed by atoms with E-state index in [1.165, 1.54) is 12.8 Å². The van der Waals surface area contributed by atoms with E-state index in [1.54, 1.807) is 7.11 Å². The Balaban J connectivity index is 1.85. The van der Waals surface area contributed by atoms with Crippen LogP contribution in [0.4, 0.5) is 0 Å². The topological polar surface area (TPSA) is 43.4 Å². The second-order valence-electron chi connectivity index (χ2n) is 5.80. The van der Waals surface area contributed by atoms with Gasteiger partial charge in [0, 0.05) is 12.1 Å². The van der Waals surface area contributed by atoms with Crippen molar-refractivity contribution in [1.82, 2.24) is 10.3 Å². The standard InChI is InChI=1S/C16H24N2O2/c1-3-8-17-15(12-10-11-6-7-13(12)20-11)16-14(19-2)5-4-9-18-16/h4-5,9,11-13,15,17H,3,6-8,10H2,1-2H3. The molecule has 4 unspecified atom stereocenters. The molecule has 0 amide bonds.